The summed E-state index contributed by atoms with van der Waals surface area (Å²) in [7, 11) is 1.58. The summed E-state index contributed by atoms with van der Waals surface area (Å²) in [4.78, 5) is 27.2. The van der Waals surface area contributed by atoms with E-state index in [1.54, 1.807) is 19.3 Å². The Morgan fingerprint density at radius 1 is 1.17 bits per heavy atom. The smallest absolute Gasteiger partial charge is 0.266 e. The molecule has 1 amide bonds. The first-order chi connectivity index (χ1) is 14.0. The molecule has 2 N–H and O–H groups in total. The van der Waals surface area contributed by atoms with Gasteiger partial charge in [0.15, 0.2) is 11.5 Å². The third-order valence-corrected chi connectivity index (χ3v) is 5.01. The van der Waals surface area contributed by atoms with Crippen LogP contribution < -0.4 is 29.5 Å². The molecule has 1 heterocycles. The first-order valence-electron chi connectivity index (χ1n) is 9.09. The van der Waals surface area contributed by atoms with E-state index in [2.05, 4.69) is 10.3 Å². The minimum Gasteiger partial charge on any atom is -0.493 e. The van der Waals surface area contributed by atoms with Gasteiger partial charge in [0.2, 0.25) is 0 Å². The zero-order chi connectivity index (χ0) is 20.8. The number of amides is 1. The van der Waals surface area contributed by atoms with Crippen molar-refractivity contribution in [2.24, 2.45) is 0 Å². The Morgan fingerprint density at radius 2 is 1.93 bits per heavy atom. The Hall–Kier alpha value is -3.32. The maximum atomic E-state index is 12.3. The molecule has 0 unspecified atom stereocenters. The number of rotatable bonds is 6. The molecule has 0 aliphatic rings. The van der Waals surface area contributed by atoms with E-state index in [0.717, 1.165) is 11.1 Å². The van der Waals surface area contributed by atoms with Crippen LogP contribution in [0.15, 0.2) is 47.3 Å². The van der Waals surface area contributed by atoms with Gasteiger partial charge in [0.1, 0.15) is 4.66 Å². The lowest BCUT2D eigenvalue weighted by atomic mass is 10.2. The second-order valence-electron chi connectivity index (χ2n) is 6.27. The number of hydrogen-bond donors (Lipinski definition) is 2. The summed E-state index contributed by atoms with van der Waals surface area (Å²) in [5.41, 5.74) is 2.36. The molecule has 3 rings (SSSR count). The molecule has 2 aromatic carbocycles. The van der Waals surface area contributed by atoms with Crippen molar-refractivity contribution >= 4 is 35.1 Å². The third-order valence-electron chi connectivity index (χ3n) is 4.05. The largest absolute Gasteiger partial charge is 0.493 e. The summed E-state index contributed by atoms with van der Waals surface area (Å²) in [6.07, 6.45) is 3.13. The lowest BCUT2D eigenvalue weighted by molar-refractivity contribution is -0.110. The number of benzene rings is 2. The van der Waals surface area contributed by atoms with Crippen LogP contribution >= 0.6 is 11.3 Å². The van der Waals surface area contributed by atoms with E-state index >= 15 is 0 Å². The fraction of sp³-hybridized carbons (Fsp3) is 0.182. The van der Waals surface area contributed by atoms with Gasteiger partial charge in [-0.2, -0.15) is 0 Å². The van der Waals surface area contributed by atoms with E-state index in [-0.39, 0.29) is 11.5 Å². The van der Waals surface area contributed by atoms with E-state index in [9.17, 15) is 9.59 Å². The molecule has 0 saturated heterocycles. The van der Waals surface area contributed by atoms with Crippen LogP contribution in [-0.4, -0.2) is 24.6 Å². The molecule has 3 aromatic rings. The fourth-order valence-electron chi connectivity index (χ4n) is 2.66. The van der Waals surface area contributed by atoms with Gasteiger partial charge in [-0.15, -0.1) is 11.3 Å². The Labute approximate surface area is 172 Å². The van der Waals surface area contributed by atoms with Crippen LogP contribution in [0.4, 0.5) is 5.69 Å². The third kappa shape index (κ3) is 5.36. The van der Waals surface area contributed by atoms with Crippen molar-refractivity contribution in [3.63, 3.8) is 0 Å². The van der Waals surface area contributed by atoms with Gasteiger partial charge in [0.05, 0.1) is 18.2 Å². The Bertz CT molecular complexity index is 1180. The Morgan fingerprint density at radius 3 is 2.62 bits per heavy atom. The van der Waals surface area contributed by atoms with Gasteiger partial charge in [-0.1, -0.05) is 23.8 Å². The molecule has 0 spiro atoms. The molecule has 29 heavy (non-hydrogen) atoms. The number of aromatic nitrogens is 1. The van der Waals surface area contributed by atoms with Gasteiger partial charge in [0.25, 0.3) is 11.5 Å². The van der Waals surface area contributed by atoms with Crippen LogP contribution in [0, 0.1) is 6.92 Å². The van der Waals surface area contributed by atoms with E-state index in [1.807, 2.05) is 50.2 Å². The standard InChI is InChI=1S/C22H22N2O4S/c1-4-28-18-11-15(7-10-17(18)27-3)12-19-22(26)24-21(29-19)13-20(25)23-16-8-5-14(2)6-9-16/h5-13H,4H2,1-3H3,(H,23,25)(H,24,26)/b19-12+,21-13-. The van der Waals surface area contributed by atoms with Crippen molar-refractivity contribution in [1.82, 2.24) is 4.98 Å². The number of carbonyl (C=O) groups is 1. The number of nitrogens with one attached hydrogen (secondary N) is 2. The van der Waals surface area contributed by atoms with Crippen molar-refractivity contribution < 1.29 is 14.3 Å². The number of aryl methyl sites for hydroxylation is 1. The summed E-state index contributed by atoms with van der Waals surface area (Å²) in [5, 5.41) is 2.78. The quantitative estimate of drug-likeness (QED) is 0.654. The highest BCUT2D eigenvalue weighted by atomic mass is 32.1. The summed E-state index contributed by atoms with van der Waals surface area (Å²) in [6.45, 7) is 4.38. The van der Waals surface area contributed by atoms with E-state index in [1.165, 1.54) is 17.4 Å². The normalized spacial score (nSPS) is 12.1. The summed E-state index contributed by atoms with van der Waals surface area (Å²) in [5.74, 6) is 0.938. The molecule has 0 aliphatic carbocycles. The van der Waals surface area contributed by atoms with E-state index < -0.39 is 0 Å². The highest BCUT2D eigenvalue weighted by Gasteiger charge is 2.05. The summed E-state index contributed by atoms with van der Waals surface area (Å²) in [6, 6.07) is 12.9. The van der Waals surface area contributed by atoms with Crippen LogP contribution in [0.5, 0.6) is 11.5 Å². The topological polar surface area (TPSA) is 80.4 Å². The maximum Gasteiger partial charge on any atom is 0.266 e. The lowest BCUT2D eigenvalue weighted by Crippen LogP contribution is -2.20. The van der Waals surface area contributed by atoms with Crippen LogP contribution in [0.2, 0.25) is 0 Å². The van der Waals surface area contributed by atoms with Crippen LogP contribution in [0.3, 0.4) is 0 Å². The first kappa shape index (κ1) is 20.4. The Balaban J connectivity index is 1.87. The van der Waals surface area contributed by atoms with Gasteiger partial charge in [-0.3, -0.25) is 9.59 Å². The summed E-state index contributed by atoms with van der Waals surface area (Å²) >= 11 is 1.21. The van der Waals surface area contributed by atoms with Crippen molar-refractivity contribution in [3.05, 3.63) is 73.1 Å². The number of anilines is 1. The number of hydrogen-bond acceptors (Lipinski definition) is 5. The van der Waals surface area contributed by atoms with E-state index in [0.29, 0.717) is 33.0 Å². The molecule has 0 bridgehead atoms. The van der Waals surface area contributed by atoms with Gasteiger partial charge in [-0.25, -0.2) is 0 Å². The average molecular weight is 410 g/mol. The van der Waals surface area contributed by atoms with Crippen molar-refractivity contribution in [1.29, 1.82) is 0 Å². The number of thiazole rings is 1. The second kappa shape index (κ2) is 9.25. The molecule has 0 saturated carbocycles. The zero-order valence-corrected chi connectivity index (χ0v) is 17.3. The SMILES string of the molecule is CCOc1cc(/C=c2/s/c(=C\C(=O)Nc3ccc(C)cc3)[nH]c2=O)ccc1OC. The highest BCUT2D eigenvalue weighted by Crippen LogP contribution is 2.28. The fourth-order valence-corrected chi connectivity index (χ4v) is 3.55. The molecule has 150 valence electrons. The molecule has 0 aliphatic heterocycles. The van der Waals surface area contributed by atoms with E-state index in [4.69, 9.17) is 9.47 Å². The second-order valence-corrected chi connectivity index (χ2v) is 7.36. The van der Waals surface area contributed by atoms with Gasteiger partial charge in [-0.05, 0) is 49.8 Å². The molecular formula is C22H22N2O4S. The van der Waals surface area contributed by atoms with Gasteiger partial charge >= 0.3 is 0 Å². The Kier molecular flexibility index (Phi) is 6.51. The highest BCUT2D eigenvalue weighted by molar-refractivity contribution is 7.07. The maximum absolute atomic E-state index is 12.3. The molecule has 0 fully saturated rings. The first-order valence-corrected chi connectivity index (χ1v) is 9.91. The number of aromatic amines is 1. The van der Waals surface area contributed by atoms with Gasteiger partial charge in [0, 0.05) is 11.8 Å². The molecule has 6 nitrogen and oxygen atoms in total. The number of methoxy groups -OCH3 is 1. The summed E-state index contributed by atoms with van der Waals surface area (Å²) < 4.78 is 11.8. The van der Waals surface area contributed by atoms with Crippen LogP contribution in [0.25, 0.3) is 12.2 Å². The van der Waals surface area contributed by atoms with Crippen LogP contribution in [-0.2, 0) is 4.79 Å². The molecule has 0 radical (unpaired) electrons. The predicted octanol–water partition coefficient (Wildman–Crippen LogP) is 2.40. The van der Waals surface area contributed by atoms with Gasteiger partial charge < -0.3 is 19.8 Å². The average Bonchev–Trinajstić information content (AvgIpc) is 3.03. The monoisotopic (exact) mass is 410 g/mol. The number of ether oxygens (including phenoxy) is 2. The predicted molar refractivity (Wildman–Crippen MR) is 116 cm³/mol. The molecule has 7 heteroatoms. The van der Waals surface area contributed by atoms with Crippen molar-refractivity contribution in [3.8, 4) is 11.5 Å². The lowest BCUT2D eigenvalue weighted by Gasteiger charge is -2.09. The zero-order valence-electron chi connectivity index (χ0n) is 16.4. The van der Waals surface area contributed by atoms with Crippen molar-refractivity contribution in [2.45, 2.75) is 13.8 Å². The molecule has 0 atom stereocenters. The number of carbonyl (C=O) groups excluding carboxylic acids is 1. The number of H-pyrrole nitrogens is 1. The van der Waals surface area contributed by atoms with Crippen LogP contribution in [0.1, 0.15) is 18.1 Å². The minimum atomic E-state index is -0.305. The molecular weight excluding hydrogens is 388 g/mol. The minimum absolute atomic E-state index is 0.252. The van der Waals surface area contributed by atoms with Crippen molar-refractivity contribution in [2.75, 3.05) is 19.0 Å². The molecule has 1 aromatic heterocycles.